The molecule has 0 aromatic carbocycles. The summed E-state index contributed by atoms with van der Waals surface area (Å²) in [6, 6.07) is 0. The number of hydrogen-bond donors (Lipinski definition) is 1. The third kappa shape index (κ3) is 6.42. The summed E-state index contributed by atoms with van der Waals surface area (Å²) in [5, 5.41) is 8.39. The van der Waals surface area contributed by atoms with Gasteiger partial charge in [-0.15, -0.1) is 0 Å². The Hall–Kier alpha value is -1.85. The lowest BCUT2D eigenvalue weighted by molar-refractivity contribution is -0.154. The Kier molecular flexibility index (Phi) is 6.91. The van der Waals surface area contributed by atoms with E-state index < -0.39 is 24.5 Å². The molecule has 118 valence electrons. The first-order valence-corrected chi connectivity index (χ1v) is 7.16. The SMILES string of the molecule is C=C(CC(=O)OC(C)C1CCCCC1)C(=O)OCC(=O)O. The minimum atomic E-state index is -1.26. The summed E-state index contributed by atoms with van der Waals surface area (Å²) < 4.78 is 9.75. The molecule has 1 aliphatic carbocycles. The zero-order valence-electron chi connectivity index (χ0n) is 12.3. The molecule has 0 aromatic rings. The van der Waals surface area contributed by atoms with Crippen LogP contribution in [0, 0.1) is 5.92 Å². The fraction of sp³-hybridized carbons (Fsp3) is 0.667. The number of carboxylic acid groups (broad SMARTS) is 1. The monoisotopic (exact) mass is 298 g/mol. The lowest BCUT2D eigenvalue weighted by Gasteiger charge is -2.27. The van der Waals surface area contributed by atoms with Gasteiger partial charge in [-0.3, -0.25) is 4.79 Å². The molecule has 0 amide bonds. The largest absolute Gasteiger partial charge is 0.479 e. The van der Waals surface area contributed by atoms with Crippen LogP contribution in [0.4, 0.5) is 0 Å². The van der Waals surface area contributed by atoms with Crippen molar-refractivity contribution in [2.45, 2.75) is 51.6 Å². The smallest absolute Gasteiger partial charge is 0.341 e. The molecule has 6 nitrogen and oxygen atoms in total. The zero-order chi connectivity index (χ0) is 15.8. The molecule has 1 saturated carbocycles. The molecule has 0 radical (unpaired) electrons. The van der Waals surface area contributed by atoms with Crippen LogP contribution < -0.4 is 0 Å². The van der Waals surface area contributed by atoms with Crippen LogP contribution in [-0.2, 0) is 23.9 Å². The van der Waals surface area contributed by atoms with Gasteiger partial charge in [0.25, 0.3) is 0 Å². The Morgan fingerprint density at radius 2 is 1.86 bits per heavy atom. The van der Waals surface area contributed by atoms with Crippen LogP contribution >= 0.6 is 0 Å². The maximum absolute atomic E-state index is 11.7. The molecule has 1 N–H and O–H groups in total. The first kappa shape index (κ1) is 17.2. The van der Waals surface area contributed by atoms with Crippen LogP contribution in [0.3, 0.4) is 0 Å². The Labute approximate surface area is 124 Å². The van der Waals surface area contributed by atoms with Gasteiger partial charge in [-0.25, -0.2) is 9.59 Å². The summed E-state index contributed by atoms with van der Waals surface area (Å²) in [7, 11) is 0. The number of rotatable bonds is 7. The molecule has 0 heterocycles. The first-order valence-electron chi connectivity index (χ1n) is 7.16. The van der Waals surface area contributed by atoms with Crippen molar-refractivity contribution < 1.29 is 29.0 Å². The highest BCUT2D eigenvalue weighted by molar-refractivity contribution is 5.94. The molecule has 0 saturated heterocycles. The highest BCUT2D eigenvalue weighted by atomic mass is 16.6. The van der Waals surface area contributed by atoms with Gasteiger partial charge in [-0.2, -0.15) is 0 Å². The van der Waals surface area contributed by atoms with Crippen molar-refractivity contribution in [3.8, 4) is 0 Å². The topological polar surface area (TPSA) is 89.9 Å². The molecule has 1 aliphatic rings. The van der Waals surface area contributed by atoms with Crippen molar-refractivity contribution in [1.29, 1.82) is 0 Å². The van der Waals surface area contributed by atoms with Crippen molar-refractivity contribution in [2.24, 2.45) is 5.92 Å². The molecular formula is C15H22O6. The van der Waals surface area contributed by atoms with Crippen LogP contribution in [0.5, 0.6) is 0 Å². The first-order chi connectivity index (χ1) is 9.90. The van der Waals surface area contributed by atoms with Gasteiger partial charge < -0.3 is 14.6 Å². The van der Waals surface area contributed by atoms with Gasteiger partial charge in [-0.05, 0) is 25.7 Å². The van der Waals surface area contributed by atoms with E-state index in [0.29, 0.717) is 5.92 Å². The van der Waals surface area contributed by atoms with Gasteiger partial charge in [0, 0.05) is 5.57 Å². The van der Waals surface area contributed by atoms with Crippen LogP contribution in [-0.4, -0.2) is 35.7 Å². The predicted octanol–water partition coefficient (Wildman–Crippen LogP) is 2.07. The zero-order valence-corrected chi connectivity index (χ0v) is 12.3. The highest BCUT2D eigenvalue weighted by Crippen LogP contribution is 2.28. The van der Waals surface area contributed by atoms with E-state index in [1.54, 1.807) is 0 Å². The summed E-state index contributed by atoms with van der Waals surface area (Å²) in [5.74, 6) is -2.32. The van der Waals surface area contributed by atoms with Crippen molar-refractivity contribution in [3.63, 3.8) is 0 Å². The maximum Gasteiger partial charge on any atom is 0.341 e. The fourth-order valence-corrected chi connectivity index (χ4v) is 2.42. The van der Waals surface area contributed by atoms with Crippen molar-refractivity contribution in [1.82, 2.24) is 0 Å². The van der Waals surface area contributed by atoms with Crippen molar-refractivity contribution in [3.05, 3.63) is 12.2 Å². The average Bonchev–Trinajstić information content (AvgIpc) is 2.45. The minimum absolute atomic E-state index is 0.0999. The molecule has 21 heavy (non-hydrogen) atoms. The molecule has 1 fully saturated rings. The Morgan fingerprint density at radius 3 is 2.43 bits per heavy atom. The third-order valence-corrected chi connectivity index (χ3v) is 3.60. The van der Waals surface area contributed by atoms with Crippen molar-refractivity contribution in [2.75, 3.05) is 6.61 Å². The quantitative estimate of drug-likeness (QED) is 0.571. The average molecular weight is 298 g/mol. The lowest BCUT2D eigenvalue weighted by Crippen LogP contribution is -2.26. The second-order valence-electron chi connectivity index (χ2n) is 5.34. The number of carbonyl (C=O) groups is 3. The molecule has 0 spiro atoms. The summed E-state index contributed by atoms with van der Waals surface area (Å²) in [6.07, 6.45) is 5.17. The molecular weight excluding hydrogens is 276 g/mol. The van der Waals surface area contributed by atoms with Crippen LogP contribution in [0.2, 0.25) is 0 Å². The van der Waals surface area contributed by atoms with E-state index >= 15 is 0 Å². The van der Waals surface area contributed by atoms with E-state index in [4.69, 9.17) is 9.84 Å². The molecule has 0 aliphatic heterocycles. The van der Waals surface area contributed by atoms with Gasteiger partial charge in [0.05, 0.1) is 6.42 Å². The maximum atomic E-state index is 11.7. The summed E-state index contributed by atoms with van der Waals surface area (Å²) in [4.78, 5) is 33.4. The number of carboxylic acids is 1. The van der Waals surface area contributed by atoms with Gasteiger partial charge in [0.15, 0.2) is 6.61 Å². The van der Waals surface area contributed by atoms with Gasteiger partial charge in [0.1, 0.15) is 6.10 Å². The molecule has 0 bridgehead atoms. The number of ether oxygens (including phenoxy) is 2. The number of hydrogen-bond acceptors (Lipinski definition) is 5. The van der Waals surface area contributed by atoms with E-state index in [1.165, 1.54) is 6.42 Å². The predicted molar refractivity (Wildman–Crippen MR) is 74.5 cm³/mol. The van der Waals surface area contributed by atoms with E-state index in [-0.39, 0.29) is 18.1 Å². The van der Waals surface area contributed by atoms with Crippen LogP contribution in [0.25, 0.3) is 0 Å². The van der Waals surface area contributed by atoms with E-state index in [1.807, 2.05) is 6.92 Å². The number of aliphatic carboxylic acids is 1. The number of esters is 2. The normalized spacial score (nSPS) is 16.8. The van der Waals surface area contributed by atoms with Crippen molar-refractivity contribution >= 4 is 17.9 Å². The van der Waals surface area contributed by atoms with Crippen LogP contribution in [0.1, 0.15) is 45.4 Å². The Morgan fingerprint density at radius 1 is 1.24 bits per heavy atom. The standard InChI is InChI=1S/C15H22O6/c1-10(15(19)20-9-13(16)17)8-14(18)21-11(2)12-6-4-3-5-7-12/h11-12H,1,3-9H2,2H3,(H,16,17). The second-order valence-corrected chi connectivity index (χ2v) is 5.34. The molecule has 0 aromatic heterocycles. The summed E-state index contributed by atoms with van der Waals surface area (Å²) >= 11 is 0. The molecule has 1 unspecified atom stereocenters. The Balaban J connectivity index is 2.33. The van der Waals surface area contributed by atoms with Gasteiger partial charge >= 0.3 is 17.9 Å². The highest BCUT2D eigenvalue weighted by Gasteiger charge is 2.24. The van der Waals surface area contributed by atoms with Crippen LogP contribution in [0.15, 0.2) is 12.2 Å². The van der Waals surface area contributed by atoms with Gasteiger partial charge in [0.2, 0.25) is 0 Å². The molecule has 1 atom stereocenters. The van der Waals surface area contributed by atoms with E-state index in [0.717, 1.165) is 25.7 Å². The van der Waals surface area contributed by atoms with Gasteiger partial charge in [-0.1, -0.05) is 25.8 Å². The minimum Gasteiger partial charge on any atom is -0.479 e. The fourth-order valence-electron chi connectivity index (χ4n) is 2.42. The molecule has 6 heteroatoms. The summed E-state index contributed by atoms with van der Waals surface area (Å²) in [5.41, 5.74) is -0.0999. The second kappa shape index (κ2) is 8.44. The summed E-state index contributed by atoms with van der Waals surface area (Å²) in [6.45, 7) is 4.54. The number of carbonyl (C=O) groups excluding carboxylic acids is 2. The third-order valence-electron chi connectivity index (χ3n) is 3.60. The Bertz CT molecular complexity index is 408. The van der Waals surface area contributed by atoms with E-state index in [9.17, 15) is 14.4 Å². The molecule has 1 rings (SSSR count). The van der Waals surface area contributed by atoms with E-state index in [2.05, 4.69) is 11.3 Å². The lowest BCUT2D eigenvalue weighted by atomic mass is 9.86.